The van der Waals surface area contributed by atoms with Crippen molar-refractivity contribution >= 4 is 60.1 Å². The van der Waals surface area contributed by atoms with Crippen molar-refractivity contribution in [3.05, 3.63) is 235 Å². The van der Waals surface area contributed by atoms with E-state index in [0.717, 1.165) is 104 Å². The molecule has 0 unspecified atom stereocenters. The Morgan fingerprint density at radius 2 is 0.507 bits per heavy atom. The summed E-state index contributed by atoms with van der Waals surface area (Å²) in [7, 11) is 0. The van der Waals surface area contributed by atoms with Gasteiger partial charge < -0.3 is 47.9 Å². The van der Waals surface area contributed by atoms with Crippen LogP contribution in [0.3, 0.4) is 0 Å². The van der Waals surface area contributed by atoms with Crippen LogP contribution >= 0.6 is 0 Å². The van der Waals surface area contributed by atoms with Crippen LogP contribution in [-0.2, 0) is 67.1 Å². The van der Waals surface area contributed by atoms with E-state index >= 15 is 0 Å². The second-order valence-electron chi connectivity index (χ2n) is 30.2. The summed E-state index contributed by atoms with van der Waals surface area (Å²) in [5.41, 5.74) is 9.01. The number of nitrogens with one attached hydrogen (secondary N) is 7. The van der Waals surface area contributed by atoms with Crippen molar-refractivity contribution in [2.75, 3.05) is 54.0 Å². The van der Waals surface area contributed by atoms with Crippen molar-refractivity contribution in [2.24, 2.45) is 0 Å². The van der Waals surface area contributed by atoms with Crippen LogP contribution in [0.4, 0.5) is 17.1 Å². The fourth-order valence-corrected chi connectivity index (χ4v) is 14.0. The number of rotatable bonds is 23. The summed E-state index contributed by atoms with van der Waals surface area (Å²) in [5.74, 6) is 11.7. The number of benzene rings is 7. The van der Waals surface area contributed by atoms with Crippen molar-refractivity contribution in [3.8, 4) is 81.4 Å². The molecule has 3 saturated heterocycles. The van der Waals surface area contributed by atoms with Crippen LogP contribution in [0.1, 0.15) is 189 Å². The van der Waals surface area contributed by atoms with Crippen LogP contribution < -0.4 is 47.9 Å². The van der Waals surface area contributed by atoms with Crippen LogP contribution in [0.5, 0.6) is 81.4 Å². The first-order valence-corrected chi connectivity index (χ1v) is 44.2. The van der Waals surface area contributed by atoms with E-state index in [-0.39, 0.29) is 43.1 Å². The van der Waals surface area contributed by atoms with Gasteiger partial charge in [-0.1, -0.05) is 120 Å². The lowest BCUT2D eigenvalue weighted by molar-refractivity contribution is -0.193. The van der Waals surface area contributed by atoms with Crippen LogP contribution in [-0.4, -0.2) is 190 Å². The Kier molecular flexibility index (Phi) is 54.0. The third kappa shape index (κ3) is 43.5. The molecule has 140 heavy (non-hydrogen) atoms. The zero-order valence-corrected chi connectivity index (χ0v) is 77.2. The van der Waals surface area contributed by atoms with Crippen molar-refractivity contribution in [2.45, 2.75) is 167 Å². The van der Waals surface area contributed by atoms with E-state index in [1.165, 1.54) is 142 Å². The largest absolute Gasteiger partial charge is 0.436 e. The van der Waals surface area contributed by atoms with Gasteiger partial charge in [0.15, 0.2) is 0 Å². The monoisotopic (exact) mass is 1920 g/mol. The number of hydrogen-bond acceptors (Lipinski definition) is 38. The molecule has 3 aliphatic heterocycles. The molecule has 7 aromatic carbocycles. The van der Waals surface area contributed by atoms with Gasteiger partial charge in [-0.3, -0.25) is 0 Å². The first-order chi connectivity index (χ1) is 68.6. The molecular formula is C95H106N24O21. The molecule has 14 aromatic rings. The number of hydrogen-bond donors (Lipinski definition) is 7. The molecule has 0 bridgehead atoms. The SMILES string of the molecule is CC(C)c1cccc(Oc2cn[nH]n2)c1.CCC(CC)c1cccc(Oc2cn[nH]n2)c1.O=C=O.O=C=O.O=C=O.O=C=O.O=C=O.O=C=O.O=C=O.c1cc(C2CCC2)ccc1Oc1cn[nH]n1.c1cc(Oc2cn[nH]n2)cc(C2CCC2)c1.c1cc(Oc2cn[nH]n2)cc(N2CCCCC2)c1.c1cc(Oc2cn[nH]n2)cc(N2CCCCC2)c1.c1cc(Oc2cn[nH]n2)cc(N2CCCCCC2)c1. The van der Waals surface area contributed by atoms with Gasteiger partial charge in [-0.05, 0) is 221 Å². The molecule has 0 radical (unpaired) electrons. The van der Waals surface area contributed by atoms with Gasteiger partial charge in [0, 0.05) is 74.5 Å². The average molecular weight is 1920 g/mol. The summed E-state index contributed by atoms with van der Waals surface area (Å²) in [6.07, 6.45) is 35.9. The Labute approximate surface area is 802 Å². The highest BCUT2D eigenvalue weighted by atomic mass is 16.5. The maximum atomic E-state index is 8.12. The minimum absolute atomic E-state index is 0.250. The molecule has 45 nitrogen and oxygen atoms in total. The topological polar surface area (TPSA) is 604 Å². The Balaban J connectivity index is 0.000000242. The fourth-order valence-electron chi connectivity index (χ4n) is 14.0. The Morgan fingerprint density at radius 1 is 0.271 bits per heavy atom. The quantitative estimate of drug-likeness (QED) is 0.0313. The molecule has 0 atom stereocenters. The van der Waals surface area contributed by atoms with E-state index in [1.54, 1.807) is 43.4 Å². The maximum absolute atomic E-state index is 8.12. The minimum Gasteiger partial charge on any atom is -0.436 e. The molecule has 5 aliphatic rings. The standard InChI is InChI=1S/C14H18N4O.2C13H16N4O.C13H17N3O.2C12H13N3O.C11H13N3O.7CO2/c1-2-4-9-18(8-3-1)12-6-5-7-13(10-12)19-14-11-15-17-16-14;2*1-2-7-17(8-3-1)11-5-4-6-12(9-11)18-13-10-14-16-15-13;1-3-10(4-2)11-6-5-7-12(8-11)17-13-9-14-16-15-13;1-3-9(4-1)10-5-2-6-11(7-10)16-12-8-13-15-14-12;1-2-9(3-1)10-4-6-11(7-5-10)16-12-8-13-15-14-12;1-8(2)9-4-3-5-10(6-9)15-11-7-12-14-13-11;7*2-1-3/h5-7,10-11H,1-4,8-9H2,(H,15,16,17);2*4-6,9-10H,1-3,7-8H2,(H,14,15,16);5-10H,3-4H2,1-2H3,(H,14,15,16);2,5-9H,1,3-4H2,(H,13,14,15);4-9H,1-3H2,(H,13,14,15);3-8H,1-2H3,(H,12,13,14);;;;;;;. The molecule has 0 amide bonds. The molecule has 2 saturated carbocycles. The van der Waals surface area contributed by atoms with Gasteiger partial charge in [0.05, 0.1) is 0 Å². The number of aromatic nitrogens is 21. The van der Waals surface area contributed by atoms with Gasteiger partial charge in [-0.25, -0.2) is 0 Å². The second-order valence-corrected chi connectivity index (χ2v) is 30.2. The molecule has 732 valence electrons. The Hall–Kier alpha value is -17.8. The third-order valence-electron chi connectivity index (χ3n) is 20.9. The number of aromatic amines is 7. The van der Waals surface area contributed by atoms with E-state index in [2.05, 4.69) is 229 Å². The number of nitrogens with zero attached hydrogens (tertiary/aromatic N) is 17. The lowest BCUT2D eigenvalue weighted by atomic mass is 9.80. The highest BCUT2D eigenvalue weighted by Crippen LogP contribution is 2.40. The predicted molar refractivity (Wildman–Crippen MR) is 489 cm³/mol. The second kappa shape index (κ2) is 68.2. The van der Waals surface area contributed by atoms with E-state index < -0.39 is 0 Å². The minimum atomic E-state index is 0.250. The van der Waals surface area contributed by atoms with Crippen molar-refractivity contribution in [3.63, 3.8) is 0 Å². The highest BCUT2D eigenvalue weighted by Gasteiger charge is 2.22. The van der Waals surface area contributed by atoms with Gasteiger partial charge >= 0.3 is 43.1 Å². The van der Waals surface area contributed by atoms with E-state index in [4.69, 9.17) is 100 Å². The van der Waals surface area contributed by atoms with Crippen LogP contribution in [0.15, 0.2) is 213 Å². The normalized spacial score (nSPS) is 12.7. The number of ether oxygens (including phenoxy) is 7. The molecule has 2 aliphatic carbocycles. The molecule has 7 N–H and O–H groups in total. The average Bonchev–Trinajstić information content (AvgIpc) is 0.938. The van der Waals surface area contributed by atoms with Gasteiger partial charge in [0.25, 0.3) is 41.2 Å². The highest BCUT2D eigenvalue weighted by molar-refractivity contribution is 5.54. The molecule has 19 rings (SSSR count). The fraction of sp³-hybridized carbons (Fsp3) is 0.337. The predicted octanol–water partition coefficient (Wildman–Crippen LogP) is 16.0. The van der Waals surface area contributed by atoms with E-state index in [9.17, 15) is 0 Å². The van der Waals surface area contributed by atoms with Gasteiger partial charge in [0.2, 0.25) is 0 Å². The molecule has 45 heteroatoms. The molecule has 5 fully saturated rings. The third-order valence-corrected chi connectivity index (χ3v) is 20.9. The molecule has 10 heterocycles. The maximum Gasteiger partial charge on any atom is 0.373 e. The number of anilines is 3. The first kappa shape index (κ1) is 111. The van der Waals surface area contributed by atoms with Gasteiger partial charge in [0.1, 0.15) is 83.6 Å². The number of piperidine rings is 2. The van der Waals surface area contributed by atoms with E-state index in [0.29, 0.717) is 53.0 Å². The summed E-state index contributed by atoms with van der Waals surface area (Å²) in [4.78, 5) is 121. The Morgan fingerprint density at radius 3 is 0.764 bits per heavy atom. The van der Waals surface area contributed by atoms with Gasteiger partial charge in [-0.2, -0.15) is 139 Å². The summed E-state index contributed by atoms with van der Waals surface area (Å²) >= 11 is 0. The van der Waals surface area contributed by atoms with Crippen molar-refractivity contribution in [1.82, 2.24) is 108 Å². The summed E-state index contributed by atoms with van der Waals surface area (Å²) in [6, 6.07) is 57.1. The number of H-pyrrole nitrogens is 7. The smallest absolute Gasteiger partial charge is 0.373 e. The summed E-state index contributed by atoms with van der Waals surface area (Å²) in [5, 5.41) is 70.7. The molecular weight excluding hydrogens is 1810 g/mol. The summed E-state index contributed by atoms with van der Waals surface area (Å²) in [6.45, 7) is 15.5. The van der Waals surface area contributed by atoms with Crippen LogP contribution in [0.25, 0.3) is 0 Å². The molecule has 7 aromatic heterocycles. The van der Waals surface area contributed by atoms with Crippen LogP contribution in [0.2, 0.25) is 0 Å². The van der Waals surface area contributed by atoms with Crippen LogP contribution in [0, 0.1) is 0 Å². The zero-order chi connectivity index (χ0) is 101. The first-order valence-electron chi connectivity index (χ1n) is 44.2. The van der Waals surface area contributed by atoms with Crippen molar-refractivity contribution in [1.29, 1.82) is 0 Å². The Bertz CT molecular complexity index is 5640. The molecule has 0 spiro atoms. The lowest BCUT2D eigenvalue weighted by Gasteiger charge is -2.28. The van der Waals surface area contributed by atoms with Crippen molar-refractivity contribution < 1.29 is 100 Å². The summed E-state index contributed by atoms with van der Waals surface area (Å²) < 4.78 is 39.1. The van der Waals surface area contributed by atoms with E-state index in [1.807, 2.05) is 91.0 Å². The van der Waals surface area contributed by atoms with Gasteiger partial charge in [-0.15, -0.1) is 35.7 Å². The zero-order valence-electron chi connectivity index (χ0n) is 77.2. The number of carbonyl (C=O) groups excluding carboxylic acids is 14. The lowest BCUT2D eigenvalue weighted by Crippen LogP contribution is -2.29.